The Labute approximate surface area is 134 Å². The van der Waals surface area contributed by atoms with Crippen LogP contribution in [0.4, 0.5) is 5.13 Å². The summed E-state index contributed by atoms with van der Waals surface area (Å²) in [5.74, 6) is -1.40. The Kier molecular flexibility index (Phi) is 5.19. The van der Waals surface area contributed by atoms with Crippen LogP contribution in [0.5, 0.6) is 0 Å². The zero-order valence-electron chi connectivity index (χ0n) is 11.6. The highest BCUT2D eigenvalue weighted by Gasteiger charge is 2.15. The minimum Gasteiger partial charge on any atom is -0.481 e. The molecule has 0 saturated carbocycles. The number of carbonyl (C=O) groups excluding carboxylic acids is 1. The second kappa shape index (κ2) is 7.11. The van der Waals surface area contributed by atoms with Crippen LogP contribution in [-0.4, -0.2) is 27.0 Å². The van der Waals surface area contributed by atoms with Gasteiger partial charge in [-0.05, 0) is 6.92 Å². The molecule has 0 fully saturated rings. The van der Waals surface area contributed by atoms with Gasteiger partial charge in [-0.1, -0.05) is 11.3 Å². The molecule has 0 spiro atoms. The molecule has 0 bridgehead atoms. The first kappa shape index (κ1) is 16.1. The van der Waals surface area contributed by atoms with E-state index in [9.17, 15) is 9.59 Å². The molecule has 0 unspecified atom stereocenters. The van der Waals surface area contributed by atoms with E-state index in [-0.39, 0.29) is 25.2 Å². The number of rotatable bonds is 6. The minimum absolute atomic E-state index is 0.0910. The molecule has 0 aliphatic carbocycles. The smallest absolute Gasteiger partial charge is 0.303 e. The van der Waals surface area contributed by atoms with Crippen LogP contribution < -0.4 is 5.32 Å². The van der Waals surface area contributed by atoms with Crippen LogP contribution in [0.1, 0.15) is 23.5 Å². The number of carbonyl (C=O) groups is 2. The van der Waals surface area contributed by atoms with Crippen LogP contribution in [0.25, 0.3) is 10.6 Å². The van der Waals surface area contributed by atoms with Crippen molar-refractivity contribution in [1.29, 1.82) is 5.26 Å². The van der Waals surface area contributed by atoms with Gasteiger partial charge in [-0.2, -0.15) is 5.26 Å². The third-order valence-corrected chi connectivity index (χ3v) is 4.57. The average molecular weight is 336 g/mol. The van der Waals surface area contributed by atoms with Gasteiger partial charge < -0.3 is 10.4 Å². The summed E-state index contributed by atoms with van der Waals surface area (Å²) in [7, 11) is 0. The van der Waals surface area contributed by atoms with Gasteiger partial charge in [0.15, 0.2) is 5.13 Å². The number of anilines is 1. The van der Waals surface area contributed by atoms with E-state index in [0.717, 1.165) is 21.3 Å². The Balaban J connectivity index is 2.09. The van der Waals surface area contributed by atoms with Crippen molar-refractivity contribution < 1.29 is 14.7 Å². The summed E-state index contributed by atoms with van der Waals surface area (Å²) in [5.41, 5.74) is 1.46. The first-order valence-electron chi connectivity index (χ1n) is 6.30. The number of aryl methyl sites for hydroxylation is 1. The van der Waals surface area contributed by atoms with Gasteiger partial charge in [0.1, 0.15) is 5.01 Å². The largest absolute Gasteiger partial charge is 0.481 e. The fourth-order valence-electron chi connectivity index (χ4n) is 1.65. The molecular weight excluding hydrogens is 324 g/mol. The van der Waals surface area contributed by atoms with Crippen molar-refractivity contribution in [3.63, 3.8) is 0 Å². The fraction of sp³-hybridized carbons (Fsp3) is 0.308. The fourth-order valence-corrected chi connectivity index (χ4v) is 3.39. The van der Waals surface area contributed by atoms with E-state index in [1.165, 1.54) is 22.7 Å². The number of carboxylic acids is 1. The highest BCUT2D eigenvalue weighted by molar-refractivity contribution is 7.19. The first-order valence-corrected chi connectivity index (χ1v) is 8.00. The van der Waals surface area contributed by atoms with Crippen LogP contribution in [0.15, 0.2) is 5.38 Å². The highest BCUT2D eigenvalue weighted by Crippen LogP contribution is 2.33. The van der Waals surface area contributed by atoms with Crippen LogP contribution >= 0.6 is 22.7 Å². The number of hydrogen-bond donors (Lipinski definition) is 2. The van der Waals surface area contributed by atoms with Gasteiger partial charge in [0.05, 0.1) is 35.2 Å². The maximum atomic E-state index is 11.6. The number of carboxylic acid groups (broad SMARTS) is 1. The predicted molar refractivity (Wildman–Crippen MR) is 82.8 cm³/mol. The molecule has 0 saturated heterocycles. The summed E-state index contributed by atoms with van der Waals surface area (Å²) in [5, 5.41) is 22.8. The summed E-state index contributed by atoms with van der Waals surface area (Å²) < 4.78 is 0. The Morgan fingerprint density at radius 3 is 2.86 bits per heavy atom. The molecule has 7 nitrogen and oxygen atoms in total. The lowest BCUT2D eigenvalue weighted by Gasteiger charge is -1.98. The first-order chi connectivity index (χ1) is 10.5. The van der Waals surface area contributed by atoms with Crippen molar-refractivity contribution in [1.82, 2.24) is 9.97 Å². The number of nitrogens with zero attached hydrogens (tertiary/aromatic N) is 3. The Hall–Kier alpha value is -2.31. The summed E-state index contributed by atoms with van der Waals surface area (Å²) in [6.45, 7) is 1.81. The molecule has 0 atom stereocenters. The highest BCUT2D eigenvalue weighted by atomic mass is 32.1. The van der Waals surface area contributed by atoms with E-state index >= 15 is 0 Å². The molecule has 0 aliphatic rings. The van der Waals surface area contributed by atoms with Gasteiger partial charge in [-0.3, -0.25) is 9.59 Å². The Bertz CT molecular complexity index is 745. The quantitative estimate of drug-likeness (QED) is 0.837. The van der Waals surface area contributed by atoms with Crippen molar-refractivity contribution in [2.75, 3.05) is 5.32 Å². The normalized spacial score (nSPS) is 10.2. The maximum Gasteiger partial charge on any atom is 0.303 e. The standard InChI is InChI=1S/C13H12N4O3S2/c1-7-12(8-6-21-10(16-8)4-5-14)22-13(15-7)17-9(18)2-3-11(19)20/h6H,2-4H2,1H3,(H,19,20)(H,15,17,18). The molecule has 2 rings (SSSR count). The number of hydrogen-bond acceptors (Lipinski definition) is 7. The second-order valence-corrected chi connectivity index (χ2v) is 6.28. The number of amides is 1. The molecule has 2 N–H and O–H groups in total. The molecule has 0 aliphatic heterocycles. The Morgan fingerprint density at radius 2 is 2.18 bits per heavy atom. The lowest BCUT2D eigenvalue weighted by atomic mass is 10.3. The zero-order valence-corrected chi connectivity index (χ0v) is 13.3. The molecule has 22 heavy (non-hydrogen) atoms. The Morgan fingerprint density at radius 1 is 1.41 bits per heavy atom. The molecule has 9 heteroatoms. The van der Waals surface area contributed by atoms with Crippen molar-refractivity contribution in [2.24, 2.45) is 0 Å². The van der Waals surface area contributed by atoms with Gasteiger partial charge >= 0.3 is 5.97 Å². The number of nitriles is 1. The molecule has 0 radical (unpaired) electrons. The van der Waals surface area contributed by atoms with Gasteiger partial charge in [0, 0.05) is 11.8 Å². The third kappa shape index (κ3) is 4.09. The molecule has 1 amide bonds. The van der Waals surface area contributed by atoms with E-state index in [1.807, 2.05) is 18.4 Å². The molecule has 0 aromatic carbocycles. The molecule has 2 aromatic heterocycles. The lowest BCUT2D eigenvalue weighted by molar-refractivity contribution is -0.138. The van der Waals surface area contributed by atoms with Gasteiger partial charge in [0.25, 0.3) is 0 Å². The van der Waals surface area contributed by atoms with Crippen molar-refractivity contribution >= 4 is 39.7 Å². The van der Waals surface area contributed by atoms with E-state index in [0.29, 0.717) is 5.13 Å². The van der Waals surface area contributed by atoms with Crippen LogP contribution in [0, 0.1) is 18.3 Å². The molecule has 114 valence electrons. The van der Waals surface area contributed by atoms with E-state index in [4.69, 9.17) is 10.4 Å². The number of aliphatic carboxylic acids is 1. The monoisotopic (exact) mass is 336 g/mol. The topological polar surface area (TPSA) is 116 Å². The summed E-state index contributed by atoms with van der Waals surface area (Å²) in [6, 6.07) is 2.05. The van der Waals surface area contributed by atoms with E-state index in [2.05, 4.69) is 15.3 Å². The number of thiazole rings is 2. The number of aromatic nitrogens is 2. The van der Waals surface area contributed by atoms with Crippen molar-refractivity contribution in [3.8, 4) is 16.6 Å². The van der Waals surface area contributed by atoms with Crippen LogP contribution in [0.3, 0.4) is 0 Å². The van der Waals surface area contributed by atoms with E-state index < -0.39 is 5.97 Å². The van der Waals surface area contributed by atoms with Crippen molar-refractivity contribution in [2.45, 2.75) is 26.2 Å². The van der Waals surface area contributed by atoms with Gasteiger partial charge in [0.2, 0.25) is 5.91 Å². The van der Waals surface area contributed by atoms with E-state index in [1.54, 1.807) is 0 Å². The molecule has 2 heterocycles. The van der Waals surface area contributed by atoms with Gasteiger partial charge in [-0.15, -0.1) is 11.3 Å². The lowest BCUT2D eigenvalue weighted by Crippen LogP contribution is -2.12. The summed E-state index contributed by atoms with van der Waals surface area (Å²) in [6.07, 6.45) is -0.0414. The van der Waals surface area contributed by atoms with Crippen LogP contribution in [0.2, 0.25) is 0 Å². The van der Waals surface area contributed by atoms with Crippen molar-refractivity contribution in [3.05, 3.63) is 16.1 Å². The summed E-state index contributed by atoms with van der Waals surface area (Å²) in [4.78, 5) is 31.5. The maximum absolute atomic E-state index is 11.6. The SMILES string of the molecule is Cc1nc(NC(=O)CCC(=O)O)sc1-c1csc(CC#N)n1. The minimum atomic E-state index is -1.02. The molecule has 2 aromatic rings. The average Bonchev–Trinajstić information content (AvgIpc) is 3.04. The van der Waals surface area contributed by atoms with Gasteiger partial charge in [-0.25, -0.2) is 9.97 Å². The summed E-state index contributed by atoms with van der Waals surface area (Å²) >= 11 is 2.68. The predicted octanol–water partition coefficient (Wildman–Crippen LogP) is 2.44. The number of nitrogens with one attached hydrogen (secondary N) is 1. The zero-order chi connectivity index (χ0) is 16.1. The molecular formula is C13H12N4O3S2. The second-order valence-electron chi connectivity index (χ2n) is 4.34. The third-order valence-electron chi connectivity index (χ3n) is 2.62. The van der Waals surface area contributed by atoms with Crippen LogP contribution in [-0.2, 0) is 16.0 Å².